The highest BCUT2D eigenvalue weighted by molar-refractivity contribution is 6.06. The molecule has 3 amide bonds. The number of ether oxygens (including phenoxy) is 1. The third kappa shape index (κ3) is 2.63. The van der Waals surface area contributed by atoms with Crippen molar-refractivity contribution in [3.05, 3.63) is 53.6 Å². The van der Waals surface area contributed by atoms with Gasteiger partial charge in [-0.25, -0.2) is 0 Å². The van der Waals surface area contributed by atoms with E-state index in [0.29, 0.717) is 18.5 Å². The average molecular weight is 350 g/mol. The highest BCUT2D eigenvalue weighted by Gasteiger charge is 2.39. The monoisotopic (exact) mass is 350 g/mol. The maximum absolute atomic E-state index is 12.8. The van der Waals surface area contributed by atoms with E-state index in [1.54, 1.807) is 18.1 Å². The van der Waals surface area contributed by atoms with Gasteiger partial charge in [0.1, 0.15) is 11.8 Å². The zero-order valence-corrected chi connectivity index (χ0v) is 14.3. The van der Waals surface area contributed by atoms with E-state index < -0.39 is 11.9 Å². The SMILES string of the molecule is COc1ccc(-c2cccc3c2CN(C2CCC(=O)NC2=O)C3=O)cc1. The molecule has 26 heavy (non-hydrogen) atoms. The number of hydrogen-bond donors (Lipinski definition) is 1. The van der Waals surface area contributed by atoms with Crippen molar-refractivity contribution in [1.82, 2.24) is 10.2 Å². The van der Waals surface area contributed by atoms with Crippen molar-refractivity contribution in [2.75, 3.05) is 7.11 Å². The molecule has 2 aromatic rings. The molecule has 2 aromatic carbocycles. The van der Waals surface area contributed by atoms with Crippen molar-refractivity contribution in [2.45, 2.75) is 25.4 Å². The van der Waals surface area contributed by atoms with Crippen LogP contribution in [0.15, 0.2) is 42.5 Å². The molecule has 2 aliphatic heterocycles. The molecule has 0 radical (unpaired) electrons. The Balaban J connectivity index is 1.68. The van der Waals surface area contributed by atoms with Crippen LogP contribution in [-0.2, 0) is 16.1 Å². The smallest absolute Gasteiger partial charge is 0.255 e. The van der Waals surface area contributed by atoms with E-state index in [9.17, 15) is 14.4 Å². The first-order valence-electron chi connectivity index (χ1n) is 8.49. The third-order valence-corrected chi connectivity index (χ3v) is 4.98. The first-order valence-corrected chi connectivity index (χ1v) is 8.49. The molecule has 0 saturated carbocycles. The Kier molecular flexibility index (Phi) is 3.95. The summed E-state index contributed by atoms with van der Waals surface area (Å²) in [5.74, 6) is -0.0739. The molecule has 1 atom stereocenters. The van der Waals surface area contributed by atoms with Crippen molar-refractivity contribution in [3.63, 3.8) is 0 Å². The lowest BCUT2D eigenvalue weighted by molar-refractivity contribution is -0.136. The van der Waals surface area contributed by atoms with Gasteiger partial charge in [0.05, 0.1) is 7.11 Å². The fourth-order valence-electron chi connectivity index (χ4n) is 3.63. The number of nitrogens with one attached hydrogen (secondary N) is 1. The Labute approximate surface area is 150 Å². The number of nitrogens with zero attached hydrogens (tertiary/aromatic N) is 1. The first kappa shape index (κ1) is 16.3. The highest BCUT2D eigenvalue weighted by Crippen LogP contribution is 2.35. The van der Waals surface area contributed by atoms with E-state index in [4.69, 9.17) is 4.74 Å². The van der Waals surface area contributed by atoms with Crippen LogP contribution in [0.1, 0.15) is 28.8 Å². The van der Waals surface area contributed by atoms with Gasteiger partial charge in [0.2, 0.25) is 11.8 Å². The number of imide groups is 1. The summed E-state index contributed by atoms with van der Waals surface area (Å²) in [4.78, 5) is 38.0. The van der Waals surface area contributed by atoms with E-state index in [-0.39, 0.29) is 18.2 Å². The number of carbonyl (C=O) groups excluding carboxylic acids is 3. The summed E-state index contributed by atoms with van der Waals surface area (Å²) in [5, 5.41) is 2.33. The minimum Gasteiger partial charge on any atom is -0.497 e. The Morgan fingerprint density at radius 2 is 1.77 bits per heavy atom. The van der Waals surface area contributed by atoms with Crippen molar-refractivity contribution in [1.29, 1.82) is 0 Å². The van der Waals surface area contributed by atoms with Gasteiger partial charge >= 0.3 is 0 Å². The van der Waals surface area contributed by atoms with Crippen LogP contribution >= 0.6 is 0 Å². The molecule has 1 unspecified atom stereocenters. The largest absolute Gasteiger partial charge is 0.497 e. The molecule has 2 aliphatic rings. The lowest BCUT2D eigenvalue weighted by atomic mass is 9.97. The summed E-state index contributed by atoms with van der Waals surface area (Å²) in [6.45, 7) is 0.364. The van der Waals surface area contributed by atoms with Crippen LogP contribution in [0, 0.1) is 0 Å². The van der Waals surface area contributed by atoms with E-state index in [2.05, 4.69) is 5.32 Å². The van der Waals surface area contributed by atoms with E-state index in [0.717, 1.165) is 22.4 Å². The van der Waals surface area contributed by atoms with Gasteiger partial charge < -0.3 is 9.64 Å². The molecular weight excluding hydrogens is 332 g/mol. The second kappa shape index (κ2) is 6.29. The number of hydrogen-bond acceptors (Lipinski definition) is 4. The molecule has 1 saturated heterocycles. The zero-order valence-electron chi connectivity index (χ0n) is 14.3. The predicted molar refractivity (Wildman–Crippen MR) is 94.5 cm³/mol. The fraction of sp³-hybridized carbons (Fsp3) is 0.250. The van der Waals surface area contributed by atoms with E-state index in [1.807, 2.05) is 36.4 Å². The molecule has 2 heterocycles. The van der Waals surface area contributed by atoms with Gasteiger partial charge in [-0.2, -0.15) is 0 Å². The summed E-state index contributed by atoms with van der Waals surface area (Å²) in [5.41, 5.74) is 3.48. The van der Waals surface area contributed by atoms with Gasteiger partial charge in [-0.05, 0) is 41.3 Å². The van der Waals surface area contributed by atoms with Crippen LogP contribution in [0.5, 0.6) is 5.75 Å². The normalized spacial score (nSPS) is 19.3. The maximum atomic E-state index is 12.8. The van der Waals surface area contributed by atoms with Gasteiger partial charge in [0.25, 0.3) is 5.91 Å². The molecule has 6 nitrogen and oxygen atoms in total. The van der Waals surface area contributed by atoms with Gasteiger partial charge in [-0.15, -0.1) is 0 Å². The van der Waals surface area contributed by atoms with E-state index in [1.165, 1.54) is 0 Å². The van der Waals surface area contributed by atoms with Crippen LogP contribution in [0.3, 0.4) is 0 Å². The average Bonchev–Trinajstić information content (AvgIpc) is 2.99. The lowest BCUT2D eigenvalue weighted by Gasteiger charge is -2.29. The minimum absolute atomic E-state index is 0.162. The Morgan fingerprint density at radius 3 is 2.46 bits per heavy atom. The number of piperidine rings is 1. The molecule has 1 fully saturated rings. The minimum atomic E-state index is -0.601. The fourth-order valence-corrected chi connectivity index (χ4v) is 3.63. The molecule has 0 spiro atoms. The second-order valence-corrected chi connectivity index (χ2v) is 6.46. The van der Waals surface area contributed by atoms with Crippen LogP contribution in [0.25, 0.3) is 11.1 Å². The number of amides is 3. The number of rotatable bonds is 3. The molecular formula is C20H18N2O4. The highest BCUT2D eigenvalue weighted by atomic mass is 16.5. The lowest BCUT2D eigenvalue weighted by Crippen LogP contribution is -2.52. The van der Waals surface area contributed by atoms with Crippen LogP contribution in [0.4, 0.5) is 0 Å². The standard InChI is InChI=1S/C20H18N2O4/c1-26-13-7-5-12(6-8-13)14-3-2-4-15-16(14)11-22(20(15)25)17-9-10-18(23)21-19(17)24/h2-8,17H,9-11H2,1H3,(H,21,23,24). The molecule has 132 valence electrons. The molecule has 1 N–H and O–H groups in total. The number of methoxy groups -OCH3 is 1. The summed E-state index contributed by atoms with van der Waals surface area (Å²) >= 11 is 0. The quantitative estimate of drug-likeness (QED) is 0.861. The molecule has 0 bridgehead atoms. The Bertz CT molecular complexity index is 905. The number of fused-ring (bicyclic) bond motifs is 1. The first-order chi connectivity index (χ1) is 12.6. The van der Waals surface area contributed by atoms with Crippen LogP contribution in [-0.4, -0.2) is 35.8 Å². The predicted octanol–water partition coefficient (Wildman–Crippen LogP) is 2.12. The number of benzene rings is 2. The molecule has 0 aliphatic carbocycles. The summed E-state index contributed by atoms with van der Waals surface area (Å²) < 4.78 is 5.20. The van der Waals surface area contributed by atoms with Gasteiger partial charge in [-0.3, -0.25) is 19.7 Å². The van der Waals surface area contributed by atoms with Crippen molar-refractivity contribution in [3.8, 4) is 16.9 Å². The second-order valence-electron chi connectivity index (χ2n) is 6.46. The molecule has 0 aromatic heterocycles. The topological polar surface area (TPSA) is 75.7 Å². The van der Waals surface area contributed by atoms with Crippen LogP contribution in [0.2, 0.25) is 0 Å². The Morgan fingerprint density at radius 1 is 1.04 bits per heavy atom. The summed E-state index contributed by atoms with van der Waals surface area (Å²) in [6.07, 6.45) is 0.615. The van der Waals surface area contributed by atoms with Crippen molar-refractivity contribution >= 4 is 17.7 Å². The van der Waals surface area contributed by atoms with Crippen molar-refractivity contribution < 1.29 is 19.1 Å². The van der Waals surface area contributed by atoms with Gasteiger partial charge in [0, 0.05) is 18.5 Å². The van der Waals surface area contributed by atoms with Crippen molar-refractivity contribution in [2.24, 2.45) is 0 Å². The maximum Gasteiger partial charge on any atom is 0.255 e. The Hall–Kier alpha value is -3.15. The van der Waals surface area contributed by atoms with Gasteiger partial charge in [-0.1, -0.05) is 24.3 Å². The summed E-state index contributed by atoms with van der Waals surface area (Å²) in [7, 11) is 1.62. The molecule has 4 rings (SSSR count). The van der Waals surface area contributed by atoms with E-state index >= 15 is 0 Å². The summed E-state index contributed by atoms with van der Waals surface area (Å²) in [6, 6.07) is 12.7. The zero-order chi connectivity index (χ0) is 18.3. The molecule has 6 heteroatoms. The third-order valence-electron chi connectivity index (χ3n) is 4.98. The number of carbonyl (C=O) groups is 3. The van der Waals surface area contributed by atoms with Gasteiger partial charge in [0.15, 0.2) is 0 Å². The van der Waals surface area contributed by atoms with Crippen LogP contribution < -0.4 is 10.1 Å².